The fraction of sp³-hybridized carbons (Fsp3) is 0.250. The second-order valence-corrected chi connectivity index (χ2v) is 9.84. The van der Waals surface area contributed by atoms with E-state index in [9.17, 15) is 9.18 Å². The molecule has 1 heterocycles. The molecule has 1 aromatic heterocycles. The molecule has 0 atom stereocenters. The largest absolute Gasteiger partial charge is 0.493 e. The molecule has 0 saturated carbocycles. The van der Waals surface area contributed by atoms with Crippen LogP contribution in [0.2, 0.25) is 0 Å². The second-order valence-electron chi connectivity index (χ2n) is 8.98. The number of fused-ring (bicyclic) bond motifs is 1. The molecule has 0 bridgehead atoms. The average molecular weight is 597 g/mol. The molecule has 0 aliphatic rings. The average Bonchev–Trinajstić information content (AvgIpc) is 2.92. The summed E-state index contributed by atoms with van der Waals surface area (Å²) in [6.45, 7) is 1.68. The maximum Gasteiger partial charge on any atom is 0.323 e. The molecule has 11 heteroatoms. The van der Waals surface area contributed by atoms with E-state index in [-0.39, 0.29) is 0 Å². The summed E-state index contributed by atoms with van der Waals surface area (Å²) in [6.07, 6.45) is 0.943. The van der Waals surface area contributed by atoms with Crippen molar-refractivity contribution in [1.82, 2.24) is 14.9 Å². The molecular formula is C28H30BrFN6O3. The number of hydrogen-bond acceptors (Lipinski definition) is 7. The topological polar surface area (TPSA) is 101 Å². The van der Waals surface area contributed by atoms with Crippen molar-refractivity contribution in [2.75, 3.05) is 57.4 Å². The van der Waals surface area contributed by atoms with Crippen LogP contribution in [0.4, 0.5) is 26.4 Å². The molecule has 9 nitrogen and oxygen atoms in total. The Kier molecular flexibility index (Phi) is 9.15. The van der Waals surface area contributed by atoms with Gasteiger partial charge in [-0.3, -0.25) is 0 Å². The monoisotopic (exact) mass is 596 g/mol. The number of nitrogens with one attached hydrogen (secondary N) is 3. The van der Waals surface area contributed by atoms with Gasteiger partial charge in [-0.25, -0.2) is 19.2 Å². The number of rotatable bonds is 10. The standard InChI is InChI=1S/C28H30BrFN6O3/c1-36(2)13-5-12-31-27-20-15-24(38-3)25(39-4)16-23(20)33-26(35-27)17-6-9-19(10-7-17)32-28(37)34-22-11-8-18(30)14-21(22)29/h6-11,14-16H,5,12-13H2,1-4H3,(H,31,33,35)(H2,32,34,37). The normalized spacial score (nSPS) is 10.9. The van der Waals surface area contributed by atoms with Gasteiger partial charge in [0.15, 0.2) is 17.3 Å². The Balaban J connectivity index is 1.57. The van der Waals surface area contributed by atoms with Crippen LogP contribution in [0.3, 0.4) is 0 Å². The summed E-state index contributed by atoms with van der Waals surface area (Å²) in [5.74, 6) is 1.99. The zero-order valence-corrected chi connectivity index (χ0v) is 23.7. The van der Waals surface area contributed by atoms with E-state index < -0.39 is 11.8 Å². The Bertz CT molecular complexity index is 1470. The van der Waals surface area contributed by atoms with E-state index in [1.165, 1.54) is 18.2 Å². The van der Waals surface area contributed by atoms with Gasteiger partial charge in [-0.15, -0.1) is 0 Å². The van der Waals surface area contributed by atoms with Gasteiger partial charge in [0.25, 0.3) is 0 Å². The molecule has 4 rings (SSSR count). The number of methoxy groups -OCH3 is 2. The van der Waals surface area contributed by atoms with Gasteiger partial charge >= 0.3 is 6.03 Å². The Morgan fingerprint density at radius 3 is 2.36 bits per heavy atom. The third-order valence-electron chi connectivity index (χ3n) is 5.86. The van der Waals surface area contributed by atoms with Crippen LogP contribution in [0.5, 0.6) is 11.5 Å². The van der Waals surface area contributed by atoms with Crippen LogP contribution in [0.15, 0.2) is 59.1 Å². The number of hydrogen-bond donors (Lipinski definition) is 3. The van der Waals surface area contributed by atoms with Gasteiger partial charge in [0.1, 0.15) is 11.6 Å². The number of urea groups is 1. The summed E-state index contributed by atoms with van der Waals surface area (Å²) in [6, 6.07) is 14.5. The van der Waals surface area contributed by atoms with Crippen molar-refractivity contribution in [3.8, 4) is 22.9 Å². The molecule has 0 saturated heterocycles. The van der Waals surface area contributed by atoms with Gasteiger partial charge in [0, 0.05) is 33.7 Å². The van der Waals surface area contributed by atoms with Gasteiger partial charge in [-0.1, -0.05) is 0 Å². The van der Waals surface area contributed by atoms with Crippen LogP contribution in [0, 0.1) is 5.82 Å². The first-order chi connectivity index (χ1) is 18.8. The fourth-order valence-corrected chi connectivity index (χ4v) is 4.35. The number of ether oxygens (including phenoxy) is 2. The van der Waals surface area contributed by atoms with E-state index in [1.54, 1.807) is 26.4 Å². The lowest BCUT2D eigenvalue weighted by atomic mass is 10.1. The maximum atomic E-state index is 13.3. The molecule has 0 aliphatic carbocycles. The summed E-state index contributed by atoms with van der Waals surface area (Å²) in [4.78, 5) is 24.2. The van der Waals surface area contributed by atoms with Crippen molar-refractivity contribution in [1.29, 1.82) is 0 Å². The van der Waals surface area contributed by atoms with Crippen molar-refractivity contribution >= 4 is 50.1 Å². The number of benzene rings is 3. The molecule has 0 spiro atoms. The fourth-order valence-electron chi connectivity index (χ4n) is 3.90. The zero-order valence-electron chi connectivity index (χ0n) is 22.1. The first-order valence-electron chi connectivity index (χ1n) is 12.2. The molecule has 204 valence electrons. The van der Waals surface area contributed by atoms with Gasteiger partial charge in [-0.2, -0.15) is 0 Å². The van der Waals surface area contributed by atoms with Crippen molar-refractivity contribution in [3.05, 3.63) is 64.9 Å². The van der Waals surface area contributed by atoms with E-state index in [0.717, 1.165) is 30.5 Å². The molecule has 3 aromatic carbocycles. The number of nitrogens with zero attached hydrogens (tertiary/aromatic N) is 3. The summed E-state index contributed by atoms with van der Waals surface area (Å²) >= 11 is 3.24. The van der Waals surface area contributed by atoms with Crippen LogP contribution in [-0.2, 0) is 0 Å². The van der Waals surface area contributed by atoms with Gasteiger partial charge < -0.3 is 30.3 Å². The lowest BCUT2D eigenvalue weighted by molar-refractivity contribution is 0.262. The predicted molar refractivity (Wildman–Crippen MR) is 156 cm³/mol. The summed E-state index contributed by atoms with van der Waals surface area (Å²) in [5, 5.41) is 9.73. The number of aromatic nitrogens is 2. The maximum absolute atomic E-state index is 13.3. The molecule has 39 heavy (non-hydrogen) atoms. The first kappa shape index (κ1) is 28.1. The van der Waals surface area contributed by atoms with Crippen LogP contribution in [0.25, 0.3) is 22.3 Å². The number of amides is 2. The molecule has 0 aliphatic heterocycles. The van der Waals surface area contributed by atoms with E-state index in [1.807, 2.05) is 38.4 Å². The van der Waals surface area contributed by atoms with Crippen molar-refractivity contribution in [2.45, 2.75) is 6.42 Å². The third kappa shape index (κ3) is 7.12. The Hall–Kier alpha value is -3.96. The highest BCUT2D eigenvalue weighted by Crippen LogP contribution is 2.35. The van der Waals surface area contributed by atoms with E-state index >= 15 is 0 Å². The summed E-state index contributed by atoms with van der Waals surface area (Å²) in [5.41, 5.74) is 2.51. The van der Waals surface area contributed by atoms with Crippen LogP contribution < -0.4 is 25.4 Å². The number of carbonyl (C=O) groups is 1. The summed E-state index contributed by atoms with van der Waals surface area (Å²) < 4.78 is 24.7. The lowest BCUT2D eigenvalue weighted by Crippen LogP contribution is -2.19. The van der Waals surface area contributed by atoms with Crippen molar-refractivity contribution in [2.24, 2.45) is 0 Å². The minimum Gasteiger partial charge on any atom is -0.493 e. The Morgan fingerprint density at radius 1 is 0.974 bits per heavy atom. The smallest absolute Gasteiger partial charge is 0.323 e. The van der Waals surface area contributed by atoms with Gasteiger partial charge in [0.05, 0.1) is 25.4 Å². The molecule has 4 aromatic rings. The van der Waals surface area contributed by atoms with E-state index in [4.69, 9.17) is 19.4 Å². The molecule has 0 unspecified atom stereocenters. The van der Waals surface area contributed by atoms with Crippen LogP contribution >= 0.6 is 15.9 Å². The minimum absolute atomic E-state index is 0.399. The lowest BCUT2D eigenvalue weighted by Gasteiger charge is -2.15. The van der Waals surface area contributed by atoms with Gasteiger partial charge in [0.2, 0.25) is 0 Å². The molecule has 3 N–H and O–H groups in total. The van der Waals surface area contributed by atoms with Crippen molar-refractivity contribution < 1.29 is 18.7 Å². The highest BCUT2D eigenvalue weighted by Gasteiger charge is 2.15. The third-order valence-corrected chi connectivity index (χ3v) is 6.51. The molecule has 0 fully saturated rings. The summed E-state index contributed by atoms with van der Waals surface area (Å²) in [7, 11) is 7.26. The predicted octanol–water partition coefficient (Wildman–Crippen LogP) is 6.22. The zero-order chi connectivity index (χ0) is 27.9. The number of carbonyl (C=O) groups excluding carboxylic acids is 1. The highest BCUT2D eigenvalue weighted by atomic mass is 79.9. The molecule has 2 amide bonds. The van der Waals surface area contributed by atoms with E-state index in [2.05, 4.69) is 36.8 Å². The minimum atomic E-state index is -0.456. The molecular weight excluding hydrogens is 567 g/mol. The second kappa shape index (κ2) is 12.7. The Labute approximate surface area is 234 Å². The first-order valence-corrected chi connectivity index (χ1v) is 13.0. The Morgan fingerprint density at radius 2 is 1.69 bits per heavy atom. The van der Waals surface area contributed by atoms with Crippen LogP contribution in [-0.4, -0.2) is 62.3 Å². The number of halogens is 2. The molecule has 0 radical (unpaired) electrons. The van der Waals surface area contributed by atoms with Gasteiger partial charge in [-0.05, 0) is 91.5 Å². The van der Waals surface area contributed by atoms with Crippen LogP contribution in [0.1, 0.15) is 6.42 Å². The SMILES string of the molecule is COc1cc2nc(-c3ccc(NC(=O)Nc4ccc(F)cc4Br)cc3)nc(NCCCN(C)C)c2cc1OC. The number of anilines is 3. The highest BCUT2D eigenvalue weighted by molar-refractivity contribution is 9.10. The quantitative estimate of drug-likeness (QED) is 0.187. The van der Waals surface area contributed by atoms with Crippen molar-refractivity contribution in [3.63, 3.8) is 0 Å². The van der Waals surface area contributed by atoms with E-state index in [0.29, 0.717) is 44.5 Å².